The Hall–Kier alpha value is -2.67. The average molecular weight is 260 g/mol. The number of nitro benzene ring substituents is 1. The summed E-state index contributed by atoms with van der Waals surface area (Å²) in [5.41, 5.74) is 0.510. The molecular formula is C12H8N2O5. The first-order valence-corrected chi connectivity index (χ1v) is 5.41. The van der Waals surface area contributed by atoms with Crippen LogP contribution in [0.1, 0.15) is 5.76 Å². The quantitative estimate of drug-likeness (QED) is 0.657. The van der Waals surface area contributed by atoms with Crippen molar-refractivity contribution in [2.75, 3.05) is 0 Å². The summed E-state index contributed by atoms with van der Waals surface area (Å²) in [7, 11) is 0. The Kier molecular flexibility index (Phi) is 2.53. The van der Waals surface area contributed by atoms with Gasteiger partial charge >= 0.3 is 0 Å². The van der Waals surface area contributed by atoms with Crippen LogP contribution in [-0.4, -0.2) is 22.0 Å². The van der Waals surface area contributed by atoms with Gasteiger partial charge in [-0.2, -0.15) is 0 Å². The lowest BCUT2D eigenvalue weighted by atomic mass is 10.2. The number of aliphatic imine (C=N–C) groups is 1. The number of hydrogen-bond acceptors (Lipinski definition) is 6. The van der Waals surface area contributed by atoms with Gasteiger partial charge < -0.3 is 14.3 Å². The molecule has 1 aromatic carbocycles. The molecule has 7 nitrogen and oxygen atoms in total. The van der Waals surface area contributed by atoms with Crippen molar-refractivity contribution in [3.63, 3.8) is 0 Å². The fourth-order valence-corrected chi connectivity index (χ4v) is 1.77. The zero-order chi connectivity index (χ0) is 13.4. The number of non-ortho nitro benzene ring substituents is 1. The third kappa shape index (κ3) is 1.95. The molecule has 0 bridgehead atoms. The van der Waals surface area contributed by atoms with Crippen molar-refractivity contribution in [2.24, 2.45) is 4.99 Å². The van der Waals surface area contributed by atoms with Gasteiger partial charge in [0.1, 0.15) is 5.69 Å². The molecule has 1 aliphatic rings. The molecule has 1 atom stereocenters. The topological polar surface area (TPSA) is 98.1 Å². The number of furan rings is 1. The van der Waals surface area contributed by atoms with Crippen LogP contribution < -0.4 is 4.74 Å². The molecule has 1 unspecified atom stereocenters. The van der Waals surface area contributed by atoms with E-state index in [9.17, 15) is 15.2 Å². The summed E-state index contributed by atoms with van der Waals surface area (Å²) >= 11 is 0. The van der Waals surface area contributed by atoms with Gasteiger partial charge in [-0.15, -0.1) is 0 Å². The van der Waals surface area contributed by atoms with Crippen LogP contribution in [0.3, 0.4) is 0 Å². The summed E-state index contributed by atoms with van der Waals surface area (Å²) < 4.78 is 10.4. The standard InChI is InChI=1S/C12H8N2O5/c15-12-11(9-2-1-5-18-9)13-8-4-3-7(14(16)17)6-10(8)19-12/h1-6,12,15H. The summed E-state index contributed by atoms with van der Waals surface area (Å²) in [5.74, 6) is 0.550. The molecule has 0 spiro atoms. The van der Waals surface area contributed by atoms with Crippen LogP contribution in [0.15, 0.2) is 46.0 Å². The number of aliphatic hydroxyl groups excluding tert-OH is 1. The van der Waals surface area contributed by atoms with Crippen molar-refractivity contribution in [2.45, 2.75) is 6.29 Å². The Morgan fingerprint density at radius 3 is 2.89 bits per heavy atom. The summed E-state index contributed by atoms with van der Waals surface area (Å²) in [5, 5.41) is 20.5. The molecule has 1 aromatic heterocycles. The molecule has 19 heavy (non-hydrogen) atoms. The monoisotopic (exact) mass is 260 g/mol. The average Bonchev–Trinajstić information content (AvgIpc) is 2.90. The Labute approximate surface area is 106 Å². The van der Waals surface area contributed by atoms with Crippen LogP contribution in [-0.2, 0) is 0 Å². The van der Waals surface area contributed by atoms with Gasteiger partial charge in [0.25, 0.3) is 5.69 Å². The van der Waals surface area contributed by atoms with Gasteiger partial charge in [0, 0.05) is 6.07 Å². The lowest BCUT2D eigenvalue weighted by Gasteiger charge is -2.20. The highest BCUT2D eigenvalue weighted by Gasteiger charge is 2.26. The van der Waals surface area contributed by atoms with Gasteiger partial charge in [-0.25, -0.2) is 4.99 Å². The zero-order valence-electron chi connectivity index (χ0n) is 9.52. The summed E-state index contributed by atoms with van der Waals surface area (Å²) in [4.78, 5) is 14.3. The van der Waals surface area contributed by atoms with E-state index in [1.165, 1.54) is 24.5 Å². The van der Waals surface area contributed by atoms with Gasteiger partial charge in [0.05, 0.1) is 17.3 Å². The number of hydrogen-bond donors (Lipinski definition) is 1. The van der Waals surface area contributed by atoms with E-state index in [4.69, 9.17) is 9.15 Å². The van der Waals surface area contributed by atoms with Crippen LogP contribution in [0.25, 0.3) is 0 Å². The fraction of sp³-hybridized carbons (Fsp3) is 0.0833. The molecule has 3 rings (SSSR count). The lowest BCUT2D eigenvalue weighted by molar-refractivity contribution is -0.384. The van der Waals surface area contributed by atoms with E-state index >= 15 is 0 Å². The van der Waals surface area contributed by atoms with Crippen LogP contribution in [0.4, 0.5) is 11.4 Å². The second-order valence-electron chi connectivity index (χ2n) is 3.85. The third-order valence-corrected chi connectivity index (χ3v) is 2.64. The van der Waals surface area contributed by atoms with Crippen LogP contribution in [0.2, 0.25) is 0 Å². The predicted octanol–water partition coefficient (Wildman–Crippen LogP) is 2.02. The van der Waals surface area contributed by atoms with Crippen LogP contribution in [0.5, 0.6) is 5.75 Å². The van der Waals surface area contributed by atoms with E-state index < -0.39 is 11.2 Å². The largest absolute Gasteiger partial charge is 0.463 e. The number of fused-ring (bicyclic) bond motifs is 1. The molecule has 0 saturated heterocycles. The number of benzene rings is 1. The second kappa shape index (κ2) is 4.21. The van der Waals surface area contributed by atoms with Gasteiger partial charge in [0.15, 0.2) is 17.2 Å². The SMILES string of the molecule is O=[N+]([O-])c1ccc2c(c1)OC(O)C(c1ccco1)=N2. The Bertz CT molecular complexity index is 663. The summed E-state index contributed by atoms with van der Waals surface area (Å²) in [6.45, 7) is 0. The third-order valence-electron chi connectivity index (χ3n) is 2.64. The van der Waals surface area contributed by atoms with E-state index in [1.807, 2.05) is 0 Å². The first-order valence-electron chi connectivity index (χ1n) is 5.41. The molecule has 2 aromatic rings. The van der Waals surface area contributed by atoms with Crippen LogP contribution in [0, 0.1) is 10.1 Å². The molecule has 1 N–H and O–H groups in total. The minimum atomic E-state index is -1.32. The highest BCUT2D eigenvalue weighted by molar-refractivity contribution is 6.03. The lowest BCUT2D eigenvalue weighted by Crippen LogP contribution is -2.29. The molecule has 2 heterocycles. The minimum absolute atomic E-state index is 0.123. The van der Waals surface area contributed by atoms with Gasteiger partial charge in [0.2, 0.25) is 6.29 Å². The van der Waals surface area contributed by atoms with E-state index in [0.717, 1.165) is 0 Å². The van der Waals surface area contributed by atoms with Gasteiger partial charge in [-0.05, 0) is 18.2 Å². The van der Waals surface area contributed by atoms with Crippen molar-refractivity contribution < 1.29 is 19.2 Å². The molecule has 7 heteroatoms. The van der Waals surface area contributed by atoms with Crippen molar-refractivity contribution in [3.8, 4) is 5.75 Å². The molecule has 0 amide bonds. The maximum Gasteiger partial charge on any atom is 0.273 e. The van der Waals surface area contributed by atoms with Gasteiger partial charge in [-0.1, -0.05) is 0 Å². The molecule has 0 saturated carbocycles. The number of nitrogens with zero attached hydrogens (tertiary/aromatic N) is 2. The van der Waals surface area contributed by atoms with E-state index in [0.29, 0.717) is 11.4 Å². The molecule has 1 aliphatic heterocycles. The number of nitro groups is 1. The van der Waals surface area contributed by atoms with Gasteiger partial charge in [-0.3, -0.25) is 10.1 Å². The van der Waals surface area contributed by atoms with E-state index in [-0.39, 0.29) is 17.1 Å². The molecule has 96 valence electrons. The van der Waals surface area contributed by atoms with Crippen molar-refractivity contribution in [1.82, 2.24) is 0 Å². The maximum atomic E-state index is 10.7. The van der Waals surface area contributed by atoms with Crippen molar-refractivity contribution in [1.29, 1.82) is 0 Å². The first-order chi connectivity index (χ1) is 9.15. The number of rotatable bonds is 2. The fourth-order valence-electron chi connectivity index (χ4n) is 1.77. The number of ether oxygens (including phenoxy) is 1. The van der Waals surface area contributed by atoms with Crippen LogP contribution >= 0.6 is 0 Å². The molecule has 0 aliphatic carbocycles. The normalized spacial score (nSPS) is 17.3. The molecule has 0 fully saturated rings. The smallest absolute Gasteiger partial charge is 0.273 e. The Balaban J connectivity index is 2.06. The van der Waals surface area contributed by atoms with E-state index in [1.54, 1.807) is 12.1 Å². The molecule has 0 radical (unpaired) electrons. The highest BCUT2D eigenvalue weighted by Crippen LogP contribution is 2.36. The maximum absolute atomic E-state index is 10.7. The zero-order valence-corrected chi connectivity index (χ0v) is 9.52. The van der Waals surface area contributed by atoms with Crippen molar-refractivity contribution in [3.05, 3.63) is 52.5 Å². The summed E-state index contributed by atoms with van der Waals surface area (Å²) in [6, 6.07) is 7.31. The Morgan fingerprint density at radius 2 is 2.21 bits per heavy atom. The number of aliphatic hydroxyl groups is 1. The molecular weight excluding hydrogens is 252 g/mol. The second-order valence-corrected chi connectivity index (χ2v) is 3.85. The highest BCUT2D eigenvalue weighted by atomic mass is 16.6. The first kappa shape index (κ1) is 11.4. The van der Waals surface area contributed by atoms with Crippen molar-refractivity contribution >= 4 is 17.1 Å². The van der Waals surface area contributed by atoms with E-state index in [2.05, 4.69) is 4.99 Å². The predicted molar refractivity (Wildman–Crippen MR) is 64.6 cm³/mol. The summed E-state index contributed by atoms with van der Waals surface area (Å²) in [6.07, 6.45) is 0.135. The Morgan fingerprint density at radius 1 is 1.37 bits per heavy atom. The minimum Gasteiger partial charge on any atom is -0.463 e.